The first-order valence-corrected chi connectivity index (χ1v) is 6.65. The number of nitrogens with one attached hydrogen (secondary N) is 1. The number of hydrogen-bond acceptors (Lipinski definition) is 4. The Morgan fingerprint density at radius 1 is 1.22 bits per heavy atom. The van der Waals surface area contributed by atoms with Crippen molar-refractivity contribution in [2.24, 2.45) is 0 Å². The summed E-state index contributed by atoms with van der Waals surface area (Å²) in [5.74, 6) is 0.673. The lowest BCUT2D eigenvalue weighted by Gasteiger charge is -2.09. The van der Waals surface area contributed by atoms with Crippen molar-refractivity contribution in [2.75, 3.05) is 26.4 Å². The summed E-state index contributed by atoms with van der Waals surface area (Å²) in [7, 11) is 0. The van der Waals surface area contributed by atoms with Crippen molar-refractivity contribution in [3.8, 4) is 5.88 Å². The lowest BCUT2D eigenvalue weighted by atomic mass is 10.2. The van der Waals surface area contributed by atoms with Crippen molar-refractivity contribution in [2.45, 2.75) is 33.7 Å². The SMILES string of the molecule is CCCNCc1ccc(OCCOCC)nc1C. The first-order valence-electron chi connectivity index (χ1n) is 6.65. The Balaban J connectivity index is 2.41. The van der Waals surface area contributed by atoms with E-state index in [1.165, 1.54) is 5.56 Å². The largest absolute Gasteiger partial charge is 0.475 e. The van der Waals surface area contributed by atoms with Crippen molar-refractivity contribution in [3.63, 3.8) is 0 Å². The third-order valence-electron chi connectivity index (χ3n) is 2.59. The molecule has 0 aliphatic rings. The fourth-order valence-electron chi connectivity index (χ4n) is 1.58. The molecular formula is C14H24N2O2. The van der Waals surface area contributed by atoms with E-state index >= 15 is 0 Å². The lowest BCUT2D eigenvalue weighted by Crippen LogP contribution is -2.15. The Kier molecular flexibility index (Phi) is 7.37. The predicted molar refractivity (Wildman–Crippen MR) is 73.0 cm³/mol. The quantitative estimate of drug-likeness (QED) is 0.685. The highest BCUT2D eigenvalue weighted by Gasteiger charge is 2.02. The van der Waals surface area contributed by atoms with Crippen molar-refractivity contribution in [1.82, 2.24) is 10.3 Å². The number of aryl methyl sites for hydroxylation is 1. The van der Waals surface area contributed by atoms with E-state index in [-0.39, 0.29) is 0 Å². The van der Waals surface area contributed by atoms with Gasteiger partial charge in [0.25, 0.3) is 0 Å². The van der Waals surface area contributed by atoms with Crippen LogP contribution in [0.5, 0.6) is 5.88 Å². The molecule has 0 aliphatic heterocycles. The fourth-order valence-corrected chi connectivity index (χ4v) is 1.58. The molecule has 0 aliphatic carbocycles. The van der Waals surface area contributed by atoms with Gasteiger partial charge in [0.15, 0.2) is 0 Å². The maximum atomic E-state index is 5.51. The number of hydrogen-bond donors (Lipinski definition) is 1. The minimum absolute atomic E-state index is 0.549. The maximum absolute atomic E-state index is 5.51. The number of rotatable bonds is 9. The van der Waals surface area contributed by atoms with Crippen LogP contribution in [0.3, 0.4) is 0 Å². The molecule has 4 heteroatoms. The minimum Gasteiger partial charge on any atom is -0.475 e. The lowest BCUT2D eigenvalue weighted by molar-refractivity contribution is 0.108. The molecule has 0 atom stereocenters. The maximum Gasteiger partial charge on any atom is 0.213 e. The predicted octanol–water partition coefficient (Wildman–Crippen LogP) is 2.30. The average Bonchev–Trinajstić information content (AvgIpc) is 2.37. The molecule has 0 amide bonds. The highest BCUT2D eigenvalue weighted by molar-refractivity contribution is 5.24. The van der Waals surface area contributed by atoms with E-state index in [4.69, 9.17) is 9.47 Å². The zero-order valence-corrected chi connectivity index (χ0v) is 11.7. The molecule has 0 saturated carbocycles. The van der Waals surface area contributed by atoms with E-state index in [1.807, 2.05) is 19.9 Å². The Hall–Kier alpha value is -1.13. The van der Waals surface area contributed by atoms with Crippen LogP contribution < -0.4 is 10.1 Å². The Morgan fingerprint density at radius 3 is 2.72 bits per heavy atom. The molecule has 102 valence electrons. The van der Waals surface area contributed by atoms with Gasteiger partial charge >= 0.3 is 0 Å². The topological polar surface area (TPSA) is 43.4 Å². The average molecular weight is 252 g/mol. The van der Waals surface area contributed by atoms with Crippen molar-refractivity contribution in [1.29, 1.82) is 0 Å². The van der Waals surface area contributed by atoms with Crippen LogP contribution in [-0.4, -0.2) is 31.3 Å². The van der Waals surface area contributed by atoms with E-state index in [1.54, 1.807) is 0 Å². The molecular weight excluding hydrogens is 228 g/mol. The van der Waals surface area contributed by atoms with E-state index in [0.717, 1.165) is 31.8 Å². The molecule has 1 N–H and O–H groups in total. The molecule has 4 nitrogen and oxygen atoms in total. The third kappa shape index (κ3) is 5.47. The molecule has 0 unspecified atom stereocenters. The van der Waals surface area contributed by atoms with Crippen LogP contribution in [0.25, 0.3) is 0 Å². The Labute approximate surface area is 110 Å². The van der Waals surface area contributed by atoms with Gasteiger partial charge < -0.3 is 14.8 Å². The third-order valence-corrected chi connectivity index (χ3v) is 2.59. The molecule has 0 spiro atoms. The van der Waals surface area contributed by atoms with E-state index in [9.17, 15) is 0 Å². The van der Waals surface area contributed by atoms with Crippen LogP contribution in [0.4, 0.5) is 0 Å². The van der Waals surface area contributed by atoms with Gasteiger partial charge in [0, 0.05) is 24.9 Å². The van der Waals surface area contributed by atoms with E-state index < -0.39 is 0 Å². The second-order valence-corrected chi connectivity index (χ2v) is 4.12. The molecule has 1 aromatic rings. The summed E-state index contributed by atoms with van der Waals surface area (Å²) in [4.78, 5) is 4.43. The van der Waals surface area contributed by atoms with Crippen molar-refractivity contribution >= 4 is 0 Å². The van der Waals surface area contributed by atoms with Crippen LogP contribution in [0.1, 0.15) is 31.5 Å². The fraction of sp³-hybridized carbons (Fsp3) is 0.643. The van der Waals surface area contributed by atoms with Gasteiger partial charge in [0.1, 0.15) is 6.61 Å². The Bertz CT molecular complexity index is 343. The van der Waals surface area contributed by atoms with E-state index in [0.29, 0.717) is 19.1 Å². The molecule has 0 fully saturated rings. The van der Waals surface area contributed by atoms with Gasteiger partial charge in [-0.15, -0.1) is 0 Å². The highest BCUT2D eigenvalue weighted by atomic mass is 16.5. The molecule has 1 rings (SSSR count). The second kappa shape index (κ2) is 8.89. The van der Waals surface area contributed by atoms with Crippen LogP contribution in [0, 0.1) is 6.92 Å². The van der Waals surface area contributed by atoms with Gasteiger partial charge in [0.2, 0.25) is 5.88 Å². The molecule has 0 radical (unpaired) electrons. The summed E-state index contributed by atoms with van der Waals surface area (Å²) >= 11 is 0. The zero-order valence-electron chi connectivity index (χ0n) is 11.7. The summed E-state index contributed by atoms with van der Waals surface area (Å²) < 4.78 is 10.7. The molecule has 1 aromatic heterocycles. The minimum atomic E-state index is 0.549. The normalized spacial score (nSPS) is 10.6. The van der Waals surface area contributed by atoms with E-state index in [2.05, 4.69) is 23.3 Å². The van der Waals surface area contributed by atoms with Gasteiger partial charge in [-0.2, -0.15) is 0 Å². The molecule has 0 bridgehead atoms. The zero-order chi connectivity index (χ0) is 13.2. The highest BCUT2D eigenvalue weighted by Crippen LogP contribution is 2.12. The van der Waals surface area contributed by atoms with Crippen LogP contribution >= 0.6 is 0 Å². The molecule has 1 heterocycles. The van der Waals surface area contributed by atoms with Gasteiger partial charge in [-0.3, -0.25) is 0 Å². The summed E-state index contributed by atoms with van der Waals surface area (Å²) in [5.41, 5.74) is 2.24. The van der Waals surface area contributed by atoms with Crippen molar-refractivity contribution < 1.29 is 9.47 Å². The monoisotopic (exact) mass is 252 g/mol. The van der Waals surface area contributed by atoms with Gasteiger partial charge in [-0.1, -0.05) is 13.0 Å². The molecule has 0 aromatic carbocycles. The second-order valence-electron chi connectivity index (χ2n) is 4.12. The summed E-state index contributed by atoms with van der Waals surface area (Å²) in [6.45, 7) is 9.92. The summed E-state index contributed by atoms with van der Waals surface area (Å²) in [6.07, 6.45) is 1.14. The van der Waals surface area contributed by atoms with Crippen LogP contribution in [0.2, 0.25) is 0 Å². The number of aromatic nitrogens is 1. The number of nitrogens with zero attached hydrogens (tertiary/aromatic N) is 1. The van der Waals surface area contributed by atoms with Crippen molar-refractivity contribution in [3.05, 3.63) is 23.4 Å². The van der Waals surface area contributed by atoms with Gasteiger partial charge in [-0.25, -0.2) is 4.98 Å². The van der Waals surface area contributed by atoms with Crippen LogP contribution in [-0.2, 0) is 11.3 Å². The first-order chi connectivity index (χ1) is 8.77. The molecule has 18 heavy (non-hydrogen) atoms. The van der Waals surface area contributed by atoms with Crippen LogP contribution in [0.15, 0.2) is 12.1 Å². The number of pyridine rings is 1. The summed E-state index contributed by atoms with van der Waals surface area (Å²) in [6, 6.07) is 3.99. The number of ether oxygens (including phenoxy) is 2. The summed E-state index contributed by atoms with van der Waals surface area (Å²) in [5, 5.41) is 3.37. The van der Waals surface area contributed by atoms with Gasteiger partial charge in [-0.05, 0) is 32.4 Å². The smallest absolute Gasteiger partial charge is 0.213 e. The standard InChI is InChI=1S/C14H24N2O2/c1-4-8-15-11-13-6-7-14(16-12(13)3)18-10-9-17-5-2/h6-7,15H,4-5,8-11H2,1-3H3. The van der Waals surface area contributed by atoms with Gasteiger partial charge in [0.05, 0.1) is 6.61 Å². The Morgan fingerprint density at radius 2 is 2.06 bits per heavy atom. The molecule has 0 saturated heterocycles. The first kappa shape index (κ1) is 14.9.